The van der Waals surface area contributed by atoms with Crippen LogP contribution in [0.15, 0.2) is 46.9 Å². The largest absolute Gasteiger partial charge is 0.418 e. The zero-order chi connectivity index (χ0) is 15.2. The fourth-order valence-corrected chi connectivity index (χ4v) is 2.90. The average Bonchev–Trinajstić information content (AvgIpc) is 2.72. The van der Waals surface area contributed by atoms with Gasteiger partial charge in [-0.15, -0.1) is 0 Å². The molecule has 0 amide bonds. The first kappa shape index (κ1) is 14.3. The van der Waals surface area contributed by atoms with Crippen LogP contribution in [-0.2, 0) is 6.18 Å². The van der Waals surface area contributed by atoms with E-state index in [-0.39, 0.29) is 10.5 Å². The van der Waals surface area contributed by atoms with Crippen molar-refractivity contribution < 1.29 is 13.2 Å². The Labute approximate surface area is 131 Å². The van der Waals surface area contributed by atoms with Gasteiger partial charge in [0.25, 0.3) is 0 Å². The third-order valence-corrected chi connectivity index (χ3v) is 3.87. The van der Waals surface area contributed by atoms with Crippen molar-refractivity contribution >= 4 is 39.2 Å². The van der Waals surface area contributed by atoms with E-state index in [0.717, 1.165) is 10.5 Å². The number of hydrogen-bond acceptors (Lipinski definition) is 1. The summed E-state index contributed by atoms with van der Waals surface area (Å²) in [6.07, 6.45) is -4.44. The summed E-state index contributed by atoms with van der Waals surface area (Å²) >= 11 is 8.51. The minimum atomic E-state index is -4.44. The van der Waals surface area contributed by atoms with Crippen molar-refractivity contribution in [3.05, 3.63) is 57.3 Å². The van der Waals surface area contributed by atoms with E-state index in [1.54, 1.807) is 24.3 Å². The van der Waals surface area contributed by atoms with Crippen LogP contribution in [-0.4, -0.2) is 9.55 Å². The first-order valence-corrected chi connectivity index (χ1v) is 7.15. The van der Waals surface area contributed by atoms with Crippen LogP contribution in [0.3, 0.4) is 0 Å². The van der Waals surface area contributed by atoms with Gasteiger partial charge < -0.3 is 4.98 Å². The molecule has 0 unspecified atom stereocenters. The van der Waals surface area contributed by atoms with Crippen LogP contribution >= 0.6 is 28.1 Å². The van der Waals surface area contributed by atoms with E-state index in [1.807, 2.05) is 0 Å². The summed E-state index contributed by atoms with van der Waals surface area (Å²) in [5.41, 5.74) is 0.569. The van der Waals surface area contributed by atoms with Crippen molar-refractivity contribution in [1.29, 1.82) is 0 Å². The lowest BCUT2D eigenvalue weighted by molar-refractivity contribution is -0.137. The maximum absolute atomic E-state index is 13.2. The highest BCUT2D eigenvalue weighted by atomic mass is 79.9. The third kappa shape index (κ3) is 2.51. The molecular weight excluding hydrogens is 365 g/mol. The molecule has 0 saturated carbocycles. The Morgan fingerprint density at radius 3 is 2.52 bits per heavy atom. The van der Waals surface area contributed by atoms with E-state index in [0.29, 0.717) is 11.0 Å². The number of benzene rings is 2. The average molecular weight is 373 g/mol. The number of aromatic amines is 1. The molecule has 21 heavy (non-hydrogen) atoms. The standard InChI is InChI=1S/C14H8BrF3N2S/c15-8-5-6-12-10(7-8)19-13(21)20(12)11-4-2-1-3-9(11)14(16,17)18/h1-7H,(H,19,21). The summed E-state index contributed by atoms with van der Waals surface area (Å²) in [5.74, 6) is 0. The van der Waals surface area contributed by atoms with Crippen molar-refractivity contribution in [1.82, 2.24) is 9.55 Å². The Balaban J connectivity index is 2.37. The van der Waals surface area contributed by atoms with Crippen molar-refractivity contribution in [2.45, 2.75) is 6.18 Å². The normalized spacial score (nSPS) is 12.0. The number of aromatic nitrogens is 2. The molecule has 0 spiro atoms. The van der Waals surface area contributed by atoms with Crippen LogP contribution in [0.2, 0.25) is 0 Å². The molecule has 3 rings (SSSR count). The van der Waals surface area contributed by atoms with Crippen molar-refractivity contribution in [3.8, 4) is 5.69 Å². The first-order chi connectivity index (χ1) is 9.88. The predicted molar refractivity (Wildman–Crippen MR) is 81.2 cm³/mol. The number of nitrogens with zero attached hydrogens (tertiary/aromatic N) is 1. The highest BCUT2D eigenvalue weighted by Crippen LogP contribution is 2.35. The molecule has 0 aliphatic rings. The molecule has 0 saturated heterocycles. The monoisotopic (exact) mass is 372 g/mol. The molecular formula is C14H8BrF3N2S. The number of hydrogen-bond donors (Lipinski definition) is 1. The zero-order valence-electron chi connectivity index (χ0n) is 10.4. The Kier molecular flexibility index (Phi) is 3.41. The maximum Gasteiger partial charge on any atom is 0.418 e. The summed E-state index contributed by atoms with van der Waals surface area (Å²) in [4.78, 5) is 2.93. The number of nitrogens with one attached hydrogen (secondary N) is 1. The first-order valence-electron chi connectivity index (χ1n) is 5.95. The van der Waals surface area contributed by atoms with Gasteiger partial charge in [0.15, 0.2) is 4.77 Å². The highest BCUT2D eigenvalue weighted by Gasteiger charge is 2.34. The number of fused-ring (bicyclic) bond motifs is 1. The van der Waals surface area contributed by atoms with E-state index in [4.69, 9.17) is 12.2 Å². The third-order valence-electron chi connectivity index (χ3n) is 3.09. The maximum atomic E-state index is 13.2. The van der Waals surface area contributed by atoms with Gasteiger partial charge >= 0.3 is 6.18 Å². The van der Waals surface area contributed by atoms with Crippen LogP contribution < -0.4 is 0 Å². The number of halogens is 4. The van der Waals surface area contributed by atoms with Crippen molar-refractivity contribution in [2.24, 2.45) is 0 Å². The second-order valence-electron chi connectivity index (χ2n) is 4.44. The Morgan fingerprint density at radius 2 is 1.81 bits per heavy atom. The van der Waals surface area contributed by atoms with Crippen LogP contribution in [0.4, 0.5) is 13.2 Å². The van der Waals surface area contributed by atoms with Gasteiger partial charge in [0.2, 0.25) is 0 Å². The topological polar surface area (TPSA) is 20.7 Å². The highest BCUT2D eigenvalue weighted by molar-refractivity contribution is 9.10. The van der Waals surface area contributed by atoms with E-state index in [1.165, 1.54) is 16.7 Å². The number of imidazole rings is 1. The Hall–Kier alpha value is -1.60. The molecule has 108 valence electrons. The summed E-state index contributed by atoms with van der Waals surface area (Å²) in [7, 11) is 0. The lowest BCUT2D eigenvalue weighted by Gasteiger charge is -2.13. The summed E-state index contributed by atoms with van der Waals surface area (Å²) in [6.45, 7) is 0. The van der Waals surface area contributed by atoms with Gasteiger partial charge in [0, 0.05) is 4.47 Å². The van der Waals surface area contributed by atoms with Gasteiger partial charge in [-0.25, -0.2) is 0 Å². The van der Waals surface area contributed by atoms with Crippen LogP contribution in [0, 0.1) is 4.77 Å². The Bertz CT molecular complexity index is 880. The molecule has 0 atom stereocenters. The number of para-hydroxylation sites is 1. The molecule has 3 aromatic rings. The quantitative estimate of drug-likeness (QED) is 0.561. The van der Waals surface area contributed by atoms with E-state index in [9.17, 15) is 13.2 Å². The molecule has 2 nitrogen and oxygen atoms in total. The van der Waals surface area contributed by atoms with Crippen LogP contribution in [0.5, 0.6) is 0 Å². The molecule has 0 radical (unpaired) electrons. The van der Waals surface area contributed by atoms with E-state index >= 15 is 0 Å². The summed E-state index contributed by atoms with van der Waals surface area (Å²) in [6, 6.07) is 10.6. The molecule has 0 aliphatic carbocycles. The molecule has 0 fully saturated rings. The molecule has 0 bridgehead atoms. The van der Waals surface area contributed by atoms with E-state index in [2.05, 4.69) is 20.9 Å². The summed E-state index contributed by atoms with van der Waals surface area (Å²) < 4.78 is 42.0. The van der Waals surface area contributed by atoms with Gasteiger partial charge in [-0.05, 0) is 42.5 Å². The smallest absolute Gasteiger partial charge is 0.330 e. The van der Waals surface area contributed by atoms with Gasteiger partial charge in [-0.3, -0.25) is 4.57 Å². The summed E-state index contributed by atoms with van der Waals surface area (Å²) in [5, 5.41) is 0. The Morgan fingerprint density at radius 1 is 1.10 bits per heavy atom. The fraction of sp³-hybridized carbons (Fsp3) is 0.0714. The number of alkyl halides is 3. The lowest BCUT2D eigenvalue weighted by Crippen LogP contribution is -2.10. The molecule has 1 N–H and O–H groups in total. The predicted octanol–water partition coefficient (Wildman–Crippen LogP) is 5.47. The van der Waals surface area contributed by atoms with Gasteiger partial charge in [-0.2, -0.15) is 13.2 Å². The van der Waals surface area contributed by atoms with Crippen molar-refractivity contribution in [3.63, 3.8) is 0 Å². The van der Waals surface area contributed by atoms with Crippen LogP contribution in [0.25, 0.3) is 16.7 Å². The molecule has 1 heterocycles. The fourth-order valence-electron chi connectivity index (χ4n) is 2.23. The SMILES string of the molecule is FC(F)(F)c1ccccc1-n1c(=S)[nH]c2cc(Br)ccc21. The molecule has 7 heteroatoms. The van der Waals surface area contributed by atoms with Gasteiger partial charge in [0.1, 0.15) is 0 Å². The second-order valence-corrected chi connectivity index (χ2v) is 5.74. The minimum absolute atomic E-state index is 0.0172. The zero-order valence-corrected chi connectivity index (χ0v) is 12.8. The molecule has 0 aliphatic heterocycles. The van der Waals surface area contributed by atoms with Crippen LogP contribution in [0.1, 0.15) is 5.56 Å². The second kappa shape index (κ2) is 4.99. The van der Waals surface area contributed by atoms with Gasteiger partial charge in [-0.1, -0.05) is 28.1 Å². The molecule has 1 aromatic heterocycles. The van der Waals surface area contributed by atoms with Gasteiger partial charge in [0.05, 0.1) is 22.3 Å². The van der Waals surface area contributed by atoms with E-state index < -0.39 is 11.7 Å². The minimum Gasteiger partial charge on any atom is -0.330 e. The van der Waals surface area contributed by atoms with Crippen molar-refractivity contribution in [2.75, 3.05) is 0 Å². The number of H-pyrrole nitrogens is 1. The molecule has 2 aromatic carbocycles. The lowest BCUT2D eigenvalue weighted by atomic mass is 10.1. The number of rotatable bonds is 1.